The summed E-state index contributed by atoms with van der Waals surface area (Å²) in [5, 5.41) is 21.7. The van der Waals surface area contributed by atoms with Crippen molar-refractivity contribution in [2.45, 2.75) is 0 Å². The molecule has 0 N–H and O–H groups in total. The maximum absolute atomic E-state index is 10.9. The Bertz CT molecular complexity index is 724. The zero-order valence-corrected chi connectivity index (χ0v) is 11.2. The molecule has 0 atom stereocenters. The predicted molar refractivity (Wildman–Crippen MR) is 79.3 cm³/mol. The minimum atomic E-state index is -0.546. The molecule has 0 aliphatic carbocycles. The molecule has 0 bridgehead atoms. The van der Waals surface area contributed by atoms with Crippen molar-refractivity contribution in [3.05, 3.63) is 86.0 Å². The highest BCUT2D eigenvalue weighted by Crippen LogP contribution is 2.28. The van der Waals surface area contributed by atoms with E-state index < -0.39 is 9.85 Å². The summed E-state index contributed by atoms with van der Waals surface area (Å²) in [4.78, 5) is 31.4. The summed E-state index contributed by atoms with van der Waals surface area (Å²) in [7, 11) is 0. The van der Waals surface area contributed by atoms with Gasteiger partial charge in [-0.3, -0.25) is 25.0 Å². The number of nitro benzene ring substituents is 2. The van der Waals surface area contributed by atoms with E-state index in [9.17, 15) is 25.0 Å². The highest BCUT2D eigenvalue weighted by Gasteiger charge is 2.13. The fraction of sp³-hybridized carbons (Fsp3) is 0. The van der Waals surface area contributed by atoms with Crippen LogP contribution in [0.4, 0.5) is 11.4 Å². The lowest BCUT2D eigenvalue weighted by Gasteiger charge is -2.07. The zero-order chi connectivity index (χ0) is 16.1. The Hall–Kier alpha value is -3.35. The highest BCUT2D eigenvalue weighted by atomic mass is 16.6. The smallest absolute Gasteiger partial charge is 0.270 e. The Morgan fingerprint density at radius 3 is 1.68 bits per heavy atom. The molecule has 0 aliphatic rings. The number of hydrogen-bond acceptors (Lipinski definition) is 5. The van der Waals surface area contributed by atoms with Crippen LogP contribution in [-0.4, -0.2) is 16.1 Å². The summed E-state index contributed by atoms with van der Waals surface area (Å²) in [5.74, 6) is 0. The molecule has 0 heterocycles. The van der Waals surface area contributed by atoms with Gasteiger partial charge >= 0.3 is 0 Å². The molecular weight excluding hydrogens is 288 g/mol. The first-order valence-electron chi connectivity index (χ1n) is 6.18. The van der Waals surface area contributed by atoms with Crippen LogP contribution in [0, 0.1) is 20.2 Å². The van der Waals surface area contributed by atoms with E-state index in [0.717, 1.165) is 0 Å². The fourth-order valence-corrected chi connectivity index (χ4v) is 2.00. The van der Waals surface area contributed by atoms with Gasteiger partial charge in [-0.05, 0) is 22.8 Å². The molecule has 0 saturated carbocycles. The third kappa shape index (κ3) is 3.21. The van der Waals surface area contributed by atoms with E-state index in [4.69, 9.17) is 0 Å². The number of aldehydes is 1. The van der Waals surface area contributed by atoms with Crippen LogP contribution in [0.3, 0.4) is 0 Å². The van der Waals surface area contributed by atoms with E-state index in [0.29, 0.717) is 23.0 Å². The zero-order valence-electron chi connectivity index (χ0n) is 11.2. The molecule has 0 aromatic heterocycles. The second-order valence-electron chi connectivity index (χ2n) is 4.33. The minimum Gasteiger partial charge on any atom is -0.299 e. The van der Waals surface area contributed by atoms with E-state index >= 15 is 0 Å². The first-order chi connectivity index (χ1) is 10.5. The first-order valence-corrected chi connectivity index (χ1v) is 6.18. The number of non-ortho nitro benzene ring substituents is 2. The average Bonchev–Trinajstić information content (AvgIpc) is 2.52. The van der Waals surface area contributed by atoms with Crippen LogP contribution in [0.2, 0.25) is 0 Å². The molecule has 2 aromatic rings. The highest BCUT2D eigenvalue weighted by molar-refractivity contribution is 5.90. The van der Waals surface area contributed by atoms with Gasteiger partial charge < -0.3 is 0 Å². The predicted octanol–water partition coefficient (Wildman–Crippen LogP) is 3.13. The maximum Gasteiger partial charge on any atom is 0.270 e. The minimum absolute atomic E-state index is 0.125. The van der Waals surface area contributed by atoms with Gasteiger partial charge in [-0.2, -0.15) is 0 Å². The molecule has 0 fully saturated rings. The molecule has 2 aromatic carbocycles. The first kappa shape index (κ1) is 15.0. The Balaban J connectivity index is 2.56. The summed E-state index contributed by atoms with van der Waals surface area (Å²) in [5.41, 5.74) is 0.991. The summed E-state index contributed by atoms with van der Waals surface area (Å²) < 4.78 is 0. The third-order valence-corrected chi connectivity index (χ3v) is 2.97. The molecule has 110 valence electrons. The fourth-order valence-electron chi connectivity index (χ4n) is 2.00. The van der Waals surface area contributed by atoms with Crippen LogP contribution in [0.25, 0.3) is 5.57 Å². The number of rotatable bonds is 5. The van der Waals surface area contributed by atoms with E-state index in [1.807, 2.05) is 0 Å². The van der Waals surface area contributed by atoms with Gasteiger partial charge in [0.15, 0.2) is 0 Å². The molecule has 7 heteroatoms. The number of nitro groups is 2. The molecule has 0 spiro atoms. The van der Waals surface area contributed by atoms with Gasteiger partial charge in [-0.15, -0.1) is 0 Å². The summed E-state index contributed by atoms with van der Waals surface area (Å²) in [6, 6.07) is 11.5. The molecule has 0 radical (unpaired) electrons. The number of nitrogens with zero attached hydrogens (tertiary/aromatic N) is 2. The van der Waals surface area contributed by atoms with E-state index in [1.54, 1.807) is 12.1 Å². The lowest BCUT2D eigenvalue weighted by Crippen LogP contribution is -1.94. The van der Waals surface area contributed by atoms with E-state index in [-0.39, 0.29) is 11.4 Å². The van der Waals surface area contributed by atoms with Gasteiger partial charge in [-0.25, -0.2) is 0 Å². The van der Waals surface area contributed by atoms with Crippen LogP contribution in [-0.2, 0) is 4.79 Å². The van der Waals surface area contributed by atoms with Gasteiger partial charge in [-0.1, -0.05) is 24.3 Å². The normalized spacial score (nSPS) is 9.82. The second-order valence-corrected chi connectivity index (χ2v) is 4.33. The van der Waals surface area contributed by atoms with Crippen molar-refractivity contribution in [1.82, 2.24) is 0 Å². The second kappa shape index (κ2) is 6.40. The van der Waals surface area contributed by atoms with Crippen LogP contribution in [0.5, 0.6) is 0 Å². The van der Waals surface area contributed by atoms with Gasteiger partial charge in [0, 0.05) is 24.3 Å². The van der Waals surface area contributed by atoms with Crippen molar-refractivity contribution < 1.29 is 14.6 Å². The average molecular weight is 298 g/mol. The standard InChI is InChI=1S/C15H10N2O5/c18-8-7-15(11-3-1-5-13(9-11)16(19)20)12-4-2-6-14(10-12)17(21)22/h1-10H. The molecule has 2 rings (SSSR count). The topological polar surface area (TPSA) is 103 Å². The van der Waals surface area contributed by atoms with Crippen LogP contribution < -0.4 is 0 Å². The summed E-state index contributed by atoms with van der Waals surface area (Å²) >= 11 is 0. The number of benzene rings is 2. The quantitative estimate of drug-likeness (QED) is 0.365. The number of carbonyl (C=O) groups is 1. The van der Waals surface area contributed by atoms with Crippen molar-refractivity contribution in [2.75, 3.05) is 0 Å². The largest absolute Gasteiger partial charge is 0.299 e. The molecule has 22 heavy (non-hydrogen) atoms. The molecule has 7 nitrogen and oxygen atoms in total. The monoisotopic (exact) mass is 298 g/mol. The van der Waals surface area contributed by atoms with Gasteiger partial charge in [0.2, 0.25) is 0 Å². The van der Waals surface area contributed by atoms with Crippen LogP contribution in [0.15, 0.2) is 54.6 Å². The third-order valence-electron chi connectivity index (χ3n) is 2.97. The molecule has 0 amide bonds. The van der Waals surface area contributed by atoms with Crippen LogP contribution >= 0.6 is 0 Å². The molecule has 0 aliphatic heterocycles. The summed E-state index contributed by atoms with van der Waals surface area (Å²) in [6.45, 7) is 0. The van der Waals surface area contributed by atoms with Crippen LogP contribution in [0.1, 0.15) is 11.1 Å². The molecule has 0 unspecified atom stereocenters. The van der Waals surface area contributed by atoms with E-state index in [1.165, 1.54) is 42.5 Å². The van der Waals surface area contributed by atoms with Gasteiger partial charge in [0.05, 0.1) is 9.85 Å². The van der Waals surface area contributed by atoms with Crippen molar-refractivity contribution in [1.29, 1.82) is 0 Å². The Labute approximate surface area is 124 Å². The lowest BCUT2D eigenvalue weighted by molar-refractivity contribution is -0.385. The number of allylic oxidation sites excluding steroid dienone is 1. The molecule has 0 saturated heterocycles. The SMILES string of the molecule is O=CC=C(c1cccc([N+](=O)[O-])c1)c1cccc([N+](=O)[O-])c1. The van der Waals surface area contributed by atoms with Crippen molar-refractivity contribution >= 4 is 23.2 Å². The van der Waals surface area contributed by atoms with Gasteiger partial charge in [0.1, 0.15) is 6.29 Å². The lowest BCUT2D eigenvalue weighted by atomic mass is 9.97. The maximum atomic E-state index is 10.9. The van der Waals surface area contributed by atoms with Gasteiger partial charge in [0.25, 0.3) is 11.4 Å². The number of carbonyl (C=O) groups excluding carboxylic acids is 1. The van der Waals surface area contributed by atoms with E-state index in [2.05, 4.69) is 0 Å². The Kier molecular flexibility index (Phi) is 4.38. The van der Waals surface area contributed by atoms with Crippen molar-refractivity contribution in [2.24, 2.45) is 0 Å². The van der Waals surface area contributed by atoms with Crippen molar-refractivity contribution in [3.63, 3.8) is 0 Å². The number of hydrogen-bond donors (Lipinski definition) is 0. The Morgan fingerprint density at radius 2 is 1.32 bits per heavy atom. The Morgan fingerprint density at radius 1 is 0.864 bits per heavy atom. The van der Waals surface area contributed by atoms with Crippen molar-refractivity contribution in [3.8, 4) is 0 Å². The summed E-state index contributed by atoms with van der Waals surface area (Å²) in [6.07, 6.45) is 1.76. The molecular formula is C15H10N2O5.